The van der Waals surface area contributed by atoms with E-state index in [2.05, 4.69) is 4.18 Å². The van der Waals surface area contributed by atoms with E-state index in [9.17, 15) is 48.3 Å². The molecule has 31 heavy (non-hydrogen) atoms. The average molecular weight is 477 g/mol. The minimum atomic E-state index is -5.03. The molecule has 0 unspecified atom stereocenters. The highest BCUT2D eigenvalue weighted by Gasteiger charge is 2.49. The number of nitrogens with one attached hydrogen (secondary N) is 1. The number of rotatable bonds is 11. The van der Waals surface area contributed by atoms with E-state index < -0.39 is 83.9 Å². The van der Waals surface area contributed by atoms with Gasteiger partial charge in [-0.1, -0.05) is 0 Å². The van der Waals surface area contributed by atoms with Crippen LogP contribution in [0.1, 0.15) is 6.92 Å². The summed E-state index contributed by atoms with van der Waals surface area (Å²) in [5, 5.41) is 60.8. The van der Waals surface area contributed by atoms with Crippen LogP contribution >= 0.6 is 0 Å². The summed E-state index contributed by atoms with van der Waals surface area (Å²) in [6.45, 7) is -0.275. The molecule has 0 aromatic rings. The lowest BCUT2D eigenvalue weighted by molar-refractivity contribution is -0.313. The molecule has 180 valence electrons. The summed E-state index contributed by atoms with van der Waals surface area (Å²) in [6, 6.07) is -1.77. The number of aliphatic hydroxyl groups is 5. The zero-order chi connectivity index (χ0) is 24.1. The number of carboxylic acids is 1. The molecule has 0 aromatic carbocycles. The van der Waals surface area contributed by atoms with Gasteiger partial charge in [-0.3, -0.25) is 9.35 Å². The van der Waals surface area contributed by atoms with Crippen LogP contribution in [0.25, 0.3) is 0 Å². The van der Waals surface area contributed by atoms with Gasteiger partial charge in [-0.05, 0) is 0 Å². The minimum absolute atomic E-state index is 0.0286. The molecule has 8 N–H and O–H groups in total. The fraction of sp³-hybridized carbons (Fsp3) is 0.786. The van der Waals surface area contributed by atoms with Gasteiger partial charge in [0.15, 0.2) is 12.4 Å². The highest BCUT2D eigenvalue weighted by molar-refractivity contribution is 7.80. The zero-order valence-corrected chi connectivity index (χ0v) is 16.6. The van der Waals surface area contributed by atoms with Crippen LogP contribution in [0.2, 0.25) is 0 Å². The molecule has 1 rings (SSSR count). The third-order valence-corrected chi connectivity index (χ3v) is 4.53. The summed E-state index contributed by atoms with van der Waals surface area (Å²) in [5.74, 6) is -2.59. The Morgan fingerprint density at radius 2 is 1.74 bits per heavy atom. The molecule has 0 radical (unpaired) electrons. The first-order valence-corrected chi connectivity index (χ1v) is 9.84. The maximum absolute atomic E-state index is 11.4. The molecule has 0 saturated carbocycles. The maximum Gasteiger partial charge on any atom is 0.397 e. The Balaban J connectivity index is 3.16. The number of amides is 1. The number of carboxylic acid groups (broad SMARTS) is 1. The quantitative estimate of drug-likeness (QED) is 0.102. The summed E-state index contributed by atoms with van der Waals surface area (Å²) in [7, 11) is -5.03. The number of aldehydes is 1. The van der Waals surface area contributed by atoms with Crippen molar-refractivity contribution < 1.29 is 71.7 Å². The maximum atomic E-state index is 11.4. The number of aliphatic carboxylic acids is 1. The van der Waals surface area contributed by atoms with Gasteiger partial charge >= 0.3 is 16.4 Å². The number of carbonyl (C=O) groups excluding carboxylic acids is 2. The van der Waals surface area contributed by atoms with Crippen LogP contribution in [0.5, 0.6) is 0 Å². The first kappa shape index (κ1) is 27.2. The third-order valence-electron chi connectivity index (χ3n) is 4.09. The summed E-state index contributed by atoms with van der Waals surface area (Å²) in [4.78, 5) is 33.9. The largest absolute Gasteiger partial charge is 0.479 e. The molecule has 16 nitrogen and oxygen atoms in total. The second-order valence-corrected chi connectivity index (χ2v) is 7.56. The first-order valence-electron chi connectivity index (χ1n) is 8.47. The van der Waals surface area contributed by atoms with E-state index in [1.165, 1.54) is 0 Å². The normalized spacial score (nSPS) is 30.6. The molecule has 1 amide bonds. The fourth-order valence-corrected chi connectivity index (χ4v) is 2.91. The molecule has 1 fully saturated rings. The molecular formula is C14H23NO15S. The molecular weight excluding hydrogens is 454 g/mol. The van der Waals surface area contributed by atoms with Crippen LogP contribution in [0.15, 0.2) is 0 Å². The Morgan fingerprint density at radius 3 is 2.19 bits per heavy atom. The number of hydrogen-bond donors (Lipinski definition) is 8. The lowest BCUT2D eigenvalue weighted by Gasteiger charge is -2.41. The van der Waals surface area contributed by atoms with Crippen molar-refractivity contribution in [2.45, 2.75) is 62.0 Å². The van der Waals surface area contributed by atoms with E-state index in [1.807, 2.05) is 5.32 Å². The molecule has 1 heterocycles. The van der Waals surface area contributed by atoms with Crippen molar-refractivity contribution in [3.05, 3.63) is 0 Å². The highest BCUT2D eigenvalue weighted by atomic mass is 32.3. The Morgan fingerprint density at radius 1 is 1.16 bits per heavy atom. The summed E-state index contributed by atoms with van der Waals surface area (Å²) < 4.78 is 43.7. The van der Waals surface area contributed by atoms with Crippen molar-refractivity contribution in [3.63, 3.8) is 0 Å². The Hall–Kier alpha value is -1.80. The van der Waals surface area contributed by atoms with Gasteiger partial charge in [0.25, 0.3) is 0 Å². The monoisotopic (exact) mass is 477 g/mol. The SMILES string of the molecule is CC(=O)N[C@@H](C=O)[C@@H](O[C@@H]1O[C@H](C(=O)O)[C@@H](O)[C@H](O)[C@H]1O)[C@@H](O)[C@H](O)COS(=O)(=O)O. The summed E-state index contributed by atoms with van der Waals surface area (Å²) in [6.07, 6.45) is -17.0. The number of carbonyl (C=O) groups is 3. The number of hydrogen-bond acceptors (Lipinski definition) is 13. The standard InChI is InChI=1S/C14H23NO15S/c1-4(17)15-5(2-16)11(7(19)6(18)3-28-31(25,26)27)29-14-10(22)8(20)9(21)12(30-14)13(23)24/h2,5-12,14,18-22H,3H2,1H3,(H,15,17)(H,23,24)(H,25,26,27)/t5-,6+,7-,8-,9-,10+,11+,12-,14+/m0/s1. The second-order valence-electron chi connectivity index (χ2n) is 6.47. The Kier molecular flexibility index (Phi) is 9.82. The molecule has 0 aliphatic carbocycles. The number of ether oxygens (including phenoxy) is 2. The van der Waals surface area contributed by atoms with Crippen molar-refractivity contribution in [1.82, 2.24) is 5.32 Å². The van der Waals surface area contributed by atoms with E-state index in [0.717, 1.165) is 6.92 Å². The predicted octanol–water partition coefficient (Wildman–Crippen LogP) is -5.49. The third kappa shape index (κ3) is 7.68. The Bertz CT molecular complexity index is 744. The summed E-state index contributed by atoms with van der Waals surface area (Å²) >= 11 is 0. The predicted molar refractivity (Wildman–Crippen MR) is 92.4 cm³/mol. The van der Waals surface area contributed by atoms with Crippen LogP contribution in [-0.4, -0.2) is 123 Å². The minimum Gasteiger partial charge on any atom is -0.479 e. The second kappa shape index (κ2) is 11.2. The Labute approximate surface area is 174 Å². The van der Waals surface area contributed by atoms with E-state index in [4.69, 9.17) is 19.1 Å². The summed E-state index contributed by atoms with van der Waals surface area (Å²) in [5.41, 5.74) is 0. The van der Waals surface area contributed by atoms with Gasteiger partial charge in [0.2, 0.25) is 5.91 Å². The van der Waals surface area contributed by atoms with E-state index in [0.29, 0.717) is 0 Å². The molecule has 9 atom stereocenters. The van der Waals surface area contributed by atoms with Gasteiger partial charge in [0.05, 0.1) is 6.61 Å². The molecule has 0 aromatic heterocycles. The van der Waals surface area contributed by atoms with Crippen LogP contribution in [0.3, 0.4) is 0 Å². The highest BCUT2D eigenvalue weighted by Crippen LogP contribution is 2.25. The topological polar surface area (TPSA) is 267 Å². The van der Waals surface area contributed by atoms with E-state index in [-0.39, 0.29) is 6.29 Å². The lowest BCUT2D eigenvalue weighted by atomic mass is 9.98. The van der Waals surface area contributed by atoms with Gasteiger partial charge < -0.3 is 50.2 Å². The smallest absolute Gasteiger partial charge is 0.397 e. The van der Waals surface area contributed by atoms with Crippen molar-refractivity contribution in [3.8, 4) is 0 Å². The van der Waals surface area contributed by atoms with Crippen molar-refractivity contribution in [1.29, 1.82) is 0 Å². The van der Waals surface area contributed by atoms with Crippen LogP contribution in [0, 0.1) is 0 Å². The fourth-order valence-electron chi connectivity index (χ4n) is 2.60. The van der Waals surface area contributed by atoms with Crippen molar-refractivity contribution in [2.24, 2.45) is 0 Å². The average Bonchev–Trinajstić information content (AvgIpc) is 2.66. The molecule has 17 heteroatoms. The van der Waals surface area contributed by atoms with Crippen LogP contribution < -0.4 is 5.32 Å². The van der Waals surface area contributed by atoms with Crippen molar-refractivity contribution >= 4 is 28.6 Å². The van der Waals surface area contributed by atoms with Crippen molar-refractivity contribution in [2.75, 3.05) is 6.61 Å². The van der Waals surface area contributed by atoms with Gasteiger partial charge in [-0.15, -0.1) is 0 Å². The zero-order valence-electron chi connectivity index (χ0n) is 15.8. The van der Waals surface area contributed by atoms with Gasteiger partial charge in [-0.25, -0.2) is 8.98 Å². The number of aliphatic hydroxyl groups excluding tert-OH is 5. The van der Waals surface area contributed by atoms with E-state index >= 15 is 0 Å². The van der Waals surface area contributed by atoms with Gasteiger partial charge in [0, 0.05) is 6.92 Å². The van der Waals surface area contributed by atoms with Crippen LogP contribution in [-0.2, 0) is 38.4 Å². The molecule has 1 aliphatic heterocycles. The van der Waals surface area contributed by atoms with Crippen LogP contribution in [0.4, 0.5) is 0 Å². The molecule has 0 spiro atoms. The van der Waals surface area contributed by atoms with E-state index in [1.54, 1.807) is 0 Å². The molecule has 1 aliphatic rings. The first-order chi connectivity index (χ1) is 14.2. The van der Waals surface area contributed by atoms with Gasteiger partial charge in [-0.2, -0.15) is 8.42 Å². The lowest BCUT2D eigenvalue weighted by Crippen LogP contribution is -2.63. The molecule has 0 bridgehead atoms. The molecule has 1 saturated heterocycles. The van der Waals surface area contributed by atoms with Gasteiger partial charge in [0.1, 0.15) is 49.0 Å².